The number of benzene rings is 3. The summed E-state index contributed by atoms with van der Waals surface area (Å²) in [7, 11) is 1.50. The molecule has 1 aliphatic heterocycles. The highest BCUT2D eigenvalue weighted by molar-refractivity contribution is 5.92. The smallest absolute Gasteiger partial charge is 0.410 e. The number of aliphatic hydroxyl groups excluding tert-OH is 1. The molecule has 0 unspecified atom stereocenters. The third-order valence-electron chi connectivity index (χ3n) is 10.2. The summed E-state index contributed by atoms with van der Waals surface area (Å²) < 4.78 is 7.43. The third-order valence-corrected chi connectivity index (χ3v) is 10.2. The molecule has 0 saturated carbocycles. The van der Waals surface area contributed by atoms with Gasteiger partial charge in [0.1, 0.15) is 18.7 Å². The maximum atomic E-state index is 14.2. The molecule has 3 atom stereocenters. The summed E-state index contributed by atoms with van der Waals surface area (Å²) in [5.41, 5.74) is 4.50. The van der Waals surface area contributed by atoms with Crippen LogP contribution in [0.25, 0.3) is 11.1 Å². The number of nitrogens with zero attached hydrogens (tertiary/aromatic N) is 6. The first-order chi connectivity index (χ1) is 24.6. The van der Waals surface area contributed by atoms with Gasteiger partial charge in [0.25, 0.3) is 0 Å². The predicted octanol–water partition coefficient (Wildman–Crippen LogP) is 4.05. The molecular weight excluding hydrogens is 648 g/mol. The summed E-state index contributed by atoms with van der Waals surface area (Å²) >= 11 is 0. The van der Waals surface area contributed by atoms with E-state index in [-0.39, 0.29) is 31.1 Å². The number of carbonyl (C=O) groups is 3. The predicted molar refractivity (Wildman–Crippen MR) is 191 cm³/mol. The van der Waals surface area contributed by atoms with Gasteiger partial charge in [0, 0.05) is 31.5 Å². The Morgan fingerprint density at radius 2 is 1.65 bits per heavy atom. The highest BCUT2D eigenvalue weighted by atomic mass is 16.6. The molecule has 3 amide bonds. The van der Waals surface area contributed by atoms with Gasteiger partial charge < -0.3 is 25.4 Å². The van der Waals surface area contributed by atoms with Crippen LogP contribution in [0.2, 0.25) is 0 Å². The van der Waals surface area contributed by atoms with Crippen LogP contribution in [0.15, 0.2) is 78.9 Å². The van der Waals surface area contributed by atoms with Crippen LogP contribution < -0.4 is 10.6 Å². The van der Waals surface area contributed by atoms with Crippen molar-refractivity contribution >= 4 is 23.9 Å². The van der Waals surface area contributed by atoms with Crippen molar-refractivity contribution in [3.8, 4) is 11.1 Å². The van der Waals surface area contributed by atoms with Crippen molar-refractivity contribution in [3.05, 3.63) is 95.6 Å². The maximum Gasteiger partial charge on any atom is 0.410 e. The zero-order valence-electron chi connectivity index (χ0n) is 29.5. The second-order valence-electron chi connectivity index (χ2n) is 14.0. The van der Waals surface area contributed by atoms with E-state index in [9.17, 15) is 19.5 Å². The van der Waals surface area contributed by atoms with Crippen LogP contribution in [0.1, 0.15) is 56.2 Å². The van der Waals surface area contributed by atoms with Gasteiger partial charge >= 0.3 is 6.09 Å². The van der Waals surface area contributed by atoms with Crippen LogP contribution >= 0.6 is 0 Å². The standard InChI is InChI=1S/C38H46N8O5/c1-25(44(4)37(50)51-23-32-30-18-10-8-16-28(30)29-17-9-11-19-31(29)32)34(48)40-33(38(2,3)24-47)35(49)45-20-12-15-27(45)22-46-36(41-42-43-46)39-21-26-13-6-5-7-14-26/h5-11,13-14,16-19,25,27,32-33,47H,12,15,20-24H2,1-4H3,(H,40,48)(H,39,41,43)/t25-,27-,33+/m0/s1. The zero-order chi connectivity index (χ0) is 36.1. The number of likely N-dealkylation sites (N-methyl/N-ethyl adjacent to an activating group) is 1. The number of tetrazole rings is 1. The fourth-order valence-electron chi connectivity index (χ4n) is 6.89. The summed E-state index contributed by atoms with van der Waals surface area (Å²) in [6.45, 7) is 6.20. The van der Waals surface area contributed by atoms with Gasteiger partial charge in [-0.15, -0.1) is 0 Å². The van der Waals surface area contributed by atoms with Gasteiger partial charge in [-0.2, -0.15) is 0 Å². The first-order valence-electron chi connectivity index (χ1n) is 17.4. The Bertz CT molecular complexity index is 1800. The van der Waals surface area contributed by atoms with E-state index in [0.717, 1.165) is 40.7 Å². The van der Waals surface area contributed by atoms with Crippen LogP contribution in [0, 0.1) is 5.41 Å². The minimum Gasteiger partial charge on any atom is -0.448 e. The number of hydrogen-bond acceptors (Lipinski definition) is 9. The molecule has 0 radical (unpaired) electrons. The molecule has 2 heterocycles. The van der Waals surface area contributed by atoms with E-state index in [1.54, 1.807) is 30.4 Å². The number of rotatable bonds is 13. The van der Waals surface area contributed by atoms with E-state index in [4.69, 9.17) is 4.74 Å². The second-order valence-corrected chi connectivity index (χ2v) is 14.0. The van der Waals surface area contributed by atoms with Crippen molar-refractivity contribution in [1.82, 2.24) is 35.3 Å². The molecule has 0 spiro atoms. The monoisotopic (exact) mass is 694 g/mol. The van der Waals surface area contributed by atoms with Gasteiger partial charge in [-0.3, -0.25) is 14.5 Å². The largest absolute Gasteiger partial charge is 0.448 e. The number of aromatic nitrogens is 4. The van der Waals surface area contributed by atoms with Crippen molar-refractivity contribution in [2.45, 2.75) is 70.7 Å². The molecule has 3 N–H and O–H groups in total. The zero-order valence-corrected chi connectivity index (χ0v) is 29.5. The molecule has 13 nitrogen and oxygen atoms in total. The number of amides is 3. The SMILES string of the molecule is C[C@@H](C(=O)N[C@H](C(=O)N1CCC[C@H]1Cn1nnnc1NCc1ccccc1)C(C)(C)CO)N(C)C(=O)OCC1c2ccccc2-c2ccccc21. The van der Waals surface area contributed by atoms with Gasteiger partial charge in [0.05, 0.1) is 19.2 Å². The highest BCUT2D eigenvalue weighted by Gasteiger charge is 2.43. The average molecular weight is 695 g/mol. The van der Waals surface area contributed by atoms with E-state index >= 15 is 0 Å². The number of likely N-dealkylation sites (tertiary alicyclic amines) is 1. The molecule has 1 saturated heterocycles. The summed E-state index contributed by atoms with van der Waals surface area (Å²) in [5, 5.41) is 28.6. The van der Waals surface area contributed by atoms with Gasteiger partial charge in [-0.1, -0.05) is 97.8 Å². The fourth-order valence-corrected chi connectivity index (χ4v) is 6.89. The molecule has 268 valence electrons. The molecule has 6 rings (SSSR count). The Kier molecular flexibility index (Phi) is 10.7. The van der Waals surface area contributed by atoms with Crippen LogP contribution in [-0.4, -0.2) is 98.0 Å². The molecule has 2 aliphatic rings. The Balaban J connectivity index is 1.09. The van der Waals surface area contributed by atoms with Gasteiger partial charge in [-0.25, -0.2) is 9.48 Å². The Hall–Kier alpha value is -5.30. The van der Waals surface area contributed by atoms with Gasteiger partial charge in [-0.05, 0) is 58.0 Å². The lowest BCUT2D eigenvalue weighted by atomic mass is 9.84. The number of anilines is 1. The minimum absolute atomic E-state index is 0.116. The minimum atomic E-state index is -1.06. The van der Waals surface area contributed by atoms with E-state index < -0.39 is 29.5 Å². The molecule has 1 aromatic heterocycles. The Morgan fingerprint density at radius 3 is 2.31 bits per heavy atom. The van der Waals surface area contributed by atoms with Crippen molar-refractivity contribution in [2.24, 2.45) is 5.41 Å². The molecule has 0 bridgehead atoms. The van der Waals surface area contributed by atoms with Crippen molar-refractivity contribution in [1.29, 1.82) is 0 Å². The summed E-state index contributed by atoms with van der Waals surface area (Å²) in [4.78, 5) is 44.2. The quantitative estimate of drug-likeness (QED) is 0.188. The fraction of sp³-hybridized carbons (Fsp3) is 0.421. The van der Waals surface area contributed by atoms with Gasteiger partial charge in [0.15, 0.2) is 0 Å². The Morgan fingerprint density at radius 1 is 1.00 bits per heavy atom. The molecule has 1 fully saturated rings. The maximum absolute atomic E-state index is 14.2. The first-order valence-corrected chi connectivity index (χ1v) is 17.4. The number of aliphatic hydroxyl groups is 1. The number of nitrogens with one attached hydrogen (secondary N) is 2. The number of hydrogen-bond donors (Lipinski definition) is 3. The molecular formula is C38H46N8O5. The normalized spacial score (nSPS) is 16.6. The number of ether oxygens (including phenoxy) is 1. The lowest BCUT2D eigenvalue weighted by molar-refractivity contribution is -0.142. The number of carbonyl (C=O) groups excluding carboxylic acids is 3. The molecule has 13 heteroatoms. The average Bonchev–Trinajstić information content (AvgIpc) is 3.89. The van der Waals surface area contributed by atoms with E-state index in [2.05, 4.69) is 38.3 Å². The van der Waals surface area contributed by atoms with E-state index in [1.165, 1.54) is 11.9 Å². The van der Waals surface area contributed by atoms with Crippen LogP contribution in [0.5, 0.6) is 0 Å². The van der Waals surface area contributed by atoms with E-state index in [1.807, 2.05) is 66.7 Å². The second kappa shape index (κ2) is 15.3. The topological polar surface area (TPSA) is 155 Å². The van der Waals surface area contributed by atoms with Gasteiger partial charge in [0.2, 0.25) is 17.8 Å². The van der Waals surface area contributed by atoms with Crippen molar-refractivity contribution in [3.63, 3.8) is 0 Å². The summed E-state index contributed by atoms with van der Waals surface area (Å²) in [6, 6.07) is 23.8. The molecule has 4 aromatic rings. The number of fused-ring (bicyclic) bond motifs is 3. The van der Waals surface area contributed by atoms with E-state index in [0.29, 0.717) is 25.6 Å². The third kappa shape index (κ3) is 7.58. The van der Waals surface area contributed by atoms with Crippen LogP contribution in [0.3, 0.4) is 0 Å². The summed E-state index contributed by atoms with van der Waals surface area (Å²) in [5.74, 6) is -0.477. The highest BCUT2D eigenvalue weighted by Crippen LogP contribution is 2.44. The molecule has 1 aliphatic carbocycles. The first kappa shape index (κ1) is 35.5. The van der Waals surface area contributed by atoms with Crippen molar-refractivity contribution < 1.29 is 24.2 Å². The lowest BCUT2D eigenvalue weighted by Gasteiger charge is -2.37. The molecule has 51 heavy (non-hydrogen) atoms. The Labute approximate surface area is 298 Å². The van der Waals surface area contributed by atoms with Crippen molar-refractivity contribution in [2.75, 3.05) is 32.1 Å². The summed E-state index contributed by atoms with van der Waals surface area (Å²) in [6.07, 6.45) is 0.846. The van der Waals surface area contributed by atoms with Crippen LogP contribution in [-0.2, 0) is 27.4 Å². The lowest BCUT2D eigenvalue weighted by Crippen LogP contribution is -2.60. The molecule has 3 aromatic carbocycles. The van der Waals surface area contributed by atoms with Crippen LogP contribution in [0.4, 0.5) is 10.7 Å².